The number of nitrogens with one attached hydrogen (secondary N) is 1. The van der Waals surface area contributed by atoms with Crippen molar-refractivity contribution in [2.24, 2.45) is 0 Å². The van der Waals surface area contributed by atoms with Crippen molar-refractivity contribution in [3.63, 3.8) is 0 Å². The van der Waals surface area contributed by atoms with Gasteiger partial charge < -0.3 is 0 Å². The third kappa shape index (κ3) is 0.956. The highest BCUT2D eigenvalue weighted by Gasteiger charge is 1.99. The number of aryl methyl sites for hydroxylation is 2. The molecule has 0 atom stereocenters. The lowest BCUT2D eigenvalue weighted by Crippen LogP contribution is -1.91. The molecule has 0 radical (unpaired) electrons. The molecule has 0 spiro atoms. The van der Waals surface area contributed by atoms with Crippen LogP contribution in [-0.2, 0) is 0 Å². The summed E-state index contributed by atoms with van der Waals surface area (Å²) in [5, 5.41) is 6.85. The standard InChI is InChI=1S/C8H9N3S/c1-5-3-6(2)11-7(4-5)9-10-8(11)12/h3-4H,1-2H3,(H,10,12). The van der Waals surface area contributed by atoms with Crippen molar-refractivity contribution in [3.8, 4) is 0 Å². The molecule has 2 rings (SSSR count). The molecule has 4 heteroatoms. The van der Waals surface area contributed by atoms with E-state index in [0.29, 0.717) is 4.77 Å². The summed E-state index contributed by atoms with van der Waals surface area (Å²) in [7, 11) is 0. The van der Waals surface area contributed by atoms with Crippen molar-refractivity contribution in [1.29, 1.82) is 0 Å². The van der Waals surface area contributed by atoms with E-state index >= 15 is 0 Å². The molecule has 0 unspecified atom stereocenters. The maximum atomic E-state index is 5.06. The lowest BCUT2D eigenvalue weighted by Gasteiger charge is -1.99. The molecule has 0 fully saturated rings. The fourth-order valence-corrected chi connectivity index (χ4v) is 1.67. The van der Waals surface area contributed by atoms with Gasteiger partial charge in [-0.05, 0) is 43.8 Å². The Morgan fingerprint density at radius 3 is 2.92 bits per heavy atom. The van der Waals surface area contributed by atoms with Crippen LogP contribution in [0.4, 0.5) is 0 Å². The molecule has 0 aromatic carbocycles. The second kappa shape index (κ2) is 2.42. The van der Waals surface area contributed by atoms with E-state index in [1.54, 1.807) is 0 Å². The quantitative estimate of drug-likeness (QED) is 0.627. The fourth-order valence-electron chi connectivity index (χ4n) is 1.39. The van der Waals surface area contributed by atoms with Gasteiger partial charge in [-0.15, -0.1) is 0 Å². The summed E-state index contributed by atoms with van der Waals surface area (Å²) in [6, 6.07) is 4.08. The predicted molar refractivity (Wildman–Crippen MR) is 49.9 cm³/mol. The zero-order valence-electron chi connectivity index (χ0n) is 6.96. The van der Waals surface area contributed by atoms with Gasteiger partial charge >= 0.3 is 0 Å². The van der Waals surface area contributed by atoms with Crippen LogP contribution in [0.25, 0.3) is 5.65 Å². The first-order valence-corrected chi connectivity index (χ1v) is 4.14. The Hall–Kier alpha value is -1.16. The molecule has 0 amide bonds. The van der Waals surface area contributed by atoms with Gasteiger partial charge in [-0.3, -0.25) is 9.50 Å². The van der Waals surface area contributed by atoms with Crippen LogP contribution >= 0.6 is 12.2 Å². The number of rotatable bonds is 0. The summed E-state index contributed by atoms with van der Waals surface area (Å²) >= 11 is 5.06. The number of aromatic amines is 1. The molecule has 0 aliphatic carbocycles. The van der Waals surface area contributed by atoms with E-state index in [9.17, 15) is 0 Å². The van der Waals surface area contributed by atoms with Gasteiger partial charge in [0.1, 0.15) is 0 Å². The van der Waals surface area contributed by atoms with Gasteiger partial charge in [-0.2, -0.15) is 5.10 Å². The Labute approximate surface area is 75.0 Å². The Morgan fingerprint density at radius 2 is 2.17 bits per heavy atom. The molecule has 0 aliphatic heterocycles. The summed E-state index contributed by atoms with van der Waals surface area (Å²) in [6.45, 7) is 4.07. The highest BCUT2D eigenvalue weighted by molar-refractivity contribution is 7.71. The van der Waals surface area contributed by atoms with Crippen LogP contribution in [0, 0.1) is 18.6 Å². The van der Waals surface area contributed by atoms with E-state index in [4.69, 9.17) is 12.2 Å². The fraction of sp³-hybridized carbons (Fsp3) is 0.250. The van der Waals surface area contributed by atoms with Crippen molar-refractivity contribution < 1.29 is 0 Å². The van der Waals surface area contributed by atoms with Gasteiger partial charge in [0, 0.05) is 5.69 Å². The van der Waals surface area contributed by atoms with Crippen molar-refractivity contribution in [2.75, 3.05) is 0 Å². The van der Waals surface area contributed by atoms with Crippen LogP contribution in [0.1, 0.15) is 11.3 Å². The number of aromatic nitrogens is 3. The molecule has 2 aromatic heterocycles. The second-order valence-corrected chi connectivity index (χ2v) is 3.28. The molecule has 2 heterocycles. The van der Waals surface area contributed by atoms with Crippen LogP contribution in [0.2, 0.25) is 0 Å². The molecule has 62 valence electrons. The third-order valence-corrected chi connectivity index (χ3v) is 2.12. The van der Waals surface area contributed by atoms with Gasteiger partial charge in [-0.25, -0.2) is 0 Å². The number of hydrogen-bond acceptors (Lipinski definition) is 2. The Morgan fingerprint density at radius 1 is 1.42 bits per heavy atom. The smallest absolute Gasteiger partial charge is 0.199 e. The maximum Gasteiger partial charge on any atom is 0.199 e. The monoisotopic (exact) mass is 179 g/mol. The molecular weight excluding hydrogens is 170 g/mol. The van der Waals surface area contributed by atoms with Gasteiger partial charge in [0.25, 0.3) is 0 Å². The van der Waals surface area contributed by atoms with Crippen LogP contribution in [0.15, 0.2) is 12.1 Å². The average molecular weight is 179 g/mol. The highest BCUT2D eigenvalue weighted by atomic mass is 32.1. The van der Waals surface area contributed by atoms with Crippen molar-refractivity contribution in [2.45, 2.75) is 13.8 Å². The highest BCUT2D eigenvalue weighted by Crippen LogP contribution is 2.08. The van der Waals surface area contributed by atoms with E-state index in [1.807, 2.05) is 24.3 Å². The zero-order valence-corrected chi connectivity index (χ0v) is 7.77. The minimum absolute atomic E-state index is 0.655. The second-order valence-electron chi connectivity index (χ2n) is 2.90. The van der Waals surface area contributed by atoms with E-state index in [2.05, 4.69) is 16.3 Å². The molecule has 0 saturated carbocycles. The molecule has 1 N–H and O–H groups in total. The van der Waals surface area contributed by atoms with Crippen molar-refractivity contribution in [3.05, 3.63) is 28.2 Å². The van der Waals surface area contributed by atoms with Gasteiger partial charge in [0.05, 0.1) is 0 Å². The molecule has 0 saturated heterocycles. The molecular formula is C8H9N3S. The van der Waals surface area contributed by atoms with Gasteiger partial charge in [-0.1, -0.05) is 0 Å². The van der Waals surface area contributed by atoms with E-state index in [0.717, 1.165) is 11.3 Å². The van der Waals surface area contributed by atoms with Crippen molar-refractivity contribution in [1.82, 2.24) is 14.6 Å². The number of nitrogens with zero attached hydrogens (tertiary/aromatic N) is 2. The van der Waals surface area contributed by atoms with E-state index in [-0.39, 0.29) is 0 Å². The minimum atomic E-state index is 0.655. The normalized spacial score (nSPS) is 10.8. The van der Waals surface area contributed by atoms with Crippen LogP contribution in [0.3, 0.4) is 0 Å². The van der Waals surface area contributed by atoms with Crippen LogP contribution < -0.4 is 0 Å². The summed E-state index contributed by atoms with van der Waals surface area (Å²) in [5.74, 6) is 0. The first-order valence-electron chi connectivity index (χ1n) is 3.73. The van der Waals surface area contributed by atoms with Gasteiger partial charge in [0.2, 0.25) is 0 Å². The number of fused-ring (bicyclic) bond motifs is 1. The summed E-state index contributed by atoms with van der Waals surface area (Å²) < 4.78 is 2.57. The average Bonchev–Trinajstić information content (AvgIpc) is 2.31. The topological polar surface area (TPSA) is 33.1 Å². The summed E-state index contributed by atoms with van der Waals surface area (Å²) in [5.41, 5.74) is 3.20. The number of pyridine rings is 1. The van der Waals surface area contributed by atoms with Crippen LogP contribution in [0.5, 0.6) is 0 Å². The Bertz CT molecular complexity index is 480. The first kappa shape index (κ1) is 7.49. The van der Waals surface area contributed by atoms with Crippen molar-refractivity contribution >= 4 is 17.9 Å². The third-order valence-electron chi connectivity index (χ3n) is 1.84. The summed E-state index contributed by atoms with van der Waals surface area (Å²) in [4.78, 5) is 0. The van der Waals surface area contributed by atoms with Crippen LogP contribution in [-0.4, -0.2) is 14.6 Å². The molecule has 0 bridgehead atoms. The van der Waals surface area contributed by atoms with E-state index < -0.39 is 0 Å². The Balaban J connectivity index is 3.03. The lowest BCUT2D eigenvalue weighted by atomic mass is 10.2. The first-order chi connectivity index (χ1) is 5.68. The SMILES string of the molecule is Cc1cc(C)n2c(=S)[nH]nc2c1. The molecule has 3 nitrogen and oxygen atoms in total. The van der Waals surface area contributed by atoms with E-state index in [1.165, 1.54) is 5.56 Å². The largest absolute Gasteiger partial charge is 0.273 e. The maximum absolute atomic E-state index is 5.06. The number of hydrogen-bond donors (Lipinski definition) is 1. The predicted octanol–water partition coefficient (Wildman–Crippen LogP) is 2.01. The minimum Gasteiger partial charge on any atom is -0.273 e. The summed E-state index contributed by atoms with van der Waals surface area (Å²) in [6.07, 6.45) is 0. The lowest BCUT2D eigenvalue weighted by molar-refractivity contribution is 1.04. The number of H-pyrrole nitrogens is 1. The molecule has 2 aromatic rings. The van der Waals surface area contributed by atoms with Gasteiger partial charge in [0.15, 0.2) is 10.4 Å². The Kier molecular flexibility index (Phi) is 1.51. The molecule has 0 aliphatic rings. The molecule has 12 heavy (non-hydrogen) atoms. The zero-order chi connectivity index (χ0) is 8.72.